The number of hydrogen-bond acceptors (Lipinski definition) is 4. The van der Waals surface area contributed by atoms with Gasteiger partial charge in [0.25, 0.3) is 0 Å². The molecule has 6 heteroatoms. The van der Waals surface area contributed by atoms with Crippen molar-refractivity contribution in [2.24, 2.45) is 0 Å². The van der Waals surface area contributed by atoms with E-state index in [1.165, 1.54) is 28.5 Å². The Kier molecular flexibility index (Phi) is 4.50. The predicted molar refractivity (Wildman–Crippen MR) is 112 cm³/mol. The molecular formula is C22H20N2O2S2. The Morgan fingerprint density at radius 3 is 2.04 bits per heavy atom. The molecule has 0 saturated carbocycles. The van der Waals surface area contributed by atoms with E-state index >= 15 is 0 Å². The second kappa shape index (κ2) is 7.03. The summed E-state index contributed by atoms with van der Waals surface area (Å²) in [6, 6.07) is 20.4. The second-order valence-electron chi connectivity index (χ2n) is 7.12. The largest absolute Gasteiger partial charge is 0.249 e. The molecule has 0 atom stereocenters. The van der Waals surface area contributed by atoms with Crippen LogP contribution in [-0.4, -0.2) is 30.8 Å². The van der Waals surface area contributed by atoms with Gasteiger partial charge in [0.05, 0.1) is 10.3 Å². The van der Waals surface area contributed by atoms with Gasteiger partial charge in [0.2, 0.25) is 10.0 Å². The number of pyridine rings is 1. The summed E-state index contributed by atoms with van der Waals surface area (Å²) in [5.41, 5.74) is 5.10. The summed E-state index contributed by atoms with van der Waals surface area (Å²) in [7, 11) is -3.42. The molecule has 0 bridgehead atoms. The summed E-state index contributed by atoms with van der Waals surface area (Å²) in [6.07, 6.45) is 3.37. The molecule has 5 rings (SSSR count). The van der Waals surface area contributed by atoms with Gasteiger partial charge in [-0.15, -0.1) is 0 Å². The van der Waals surface area contributed by atoms with Crippen LogP contribution in [0.25, 0.3) is 11.1 Å². The maximum Gasteiger partial charge on any atom is 0.244 e. The number of thioether (sulfide) groups is 1. The molecule has 3 aromatic rings. The third kappa shape index (κ3) is 2.96. The van der Waals surface area contributed by atoms with Crippen molar-refractivity contribution >= 4 is 21.8 Å². The van der Waals surface area contributed by atoms with Gasteiger partial charge in [-0.25, -0.2) is 13.4 Å². The first-order chi connectivity index (χ1) is 13.6. The number of aromatic nitrogens is 1. The van der Waals surface area contributed by atoms with E-state index < -0.39 is 10.0 Å². The fourth-order valence-electron chi connectivity index (χ4n) is 4.02. The SMILES string of the molecule is O=S(=O)(c1ccc(SC2c3ccccc3-c3ccccc32)nc1)N1CCCC1. The molecule has 1 saturated heterocycles. The zero-order chi connectivity index (χ0) is 19.1. The fraction of sp³-hybridized carbons (Fsp3) is 0.227. The minimum absolute atomic E-state index is 0.168. The summed E-state index contributed by atoms with van der Waals surface area (Å²) in [5, 5.41) is 0.998. The van der Waals surface area contributed by atoms with Gasteiger partial charge < -0.3 is 0 Å². The lowest BCUT2D eigenvalue weighted by atomic mass is 10.1. The van der Waals surface area contributed by atoms with Gasteiger partial charge in [-0.1, -0.05) is 60.3 Å². The van der Waals surface area contributed by atoms with E-state index in [1.807, 2.05) is 6.07 Å². The van der Waals surface area contributed by atoms with Crippen LogP contribution in [0.15, 0.2) is 76.8 Å². The van der Waals surface area contributed by atoms with Crippen LogP contribution in [0.5, 0.6) is 0 Å². The van der Waals surface area contributed by atoms with Gasteiger partial charge in [0.15, 0.2) is 0 Å². The molecular weight excluding hydrogens is 388 g/mol. The standard InChI is InChI=1S/C22H20N2O2S2/c25-28(26,24-13-5-6-14-24)16-11-12-21(23-15-16)27-22-19-9-3-1-7-17(19)18-8-2-4-10-20(18)22/h1-4,7-12,15,22H,5-6,13-14H2. The minimum atomic E-state index is -3.42. The van der Waals surface area contributed by atoms with Crippen molar-refractivity contribution in [3.8, 4) is 11.1 Å². The quantitative estimate of drug-likeness (QED) is 0.626. The summed E-state index contributed by atoms with van der Waals surface area (Å²) < 4.78 is 26.9. The number of nitrogens with zero attached hydrogens (tertiary/aromatic N) is 2. The van der Waals surface area contributed by atoms with Crippen molar-refractivity contribution in [1.82, 2.24) is 9.29 Å². The summed E-state index contributed by atoms with van der Waals surface area (Å²) >= 11 is 1.67. The summed E-state index contributed by atoms with van der Waals surface area (Å²) in [6.45, 7) is 1.21. The highest BCUT2D eigenvalue weighted by Gasteiger charge is 2.30. The van der Waals surface area contributed by atoms with Gasteiger partial charge in [-0.2, -0.15) is 4.31 Å². The third-order valence-corrected chi connectivity index (χ3v) is 8.54. The molecule has 2 heterocycles. The van der Waals surface area contributed by atoms with E-state index in [0.29, 0.717) is 13.1 Å². The number of sulfonamides is 1. The molecule has 142 valence electrons. The first kappa shape index (κ1) is 17.9. The van der Waals surface area contributed by atoms with Gasteiger partial charge in [-0.3, -0.25) is 0 Å². The molecule has 2 aliphatic rings. The molecule has 28 heavy (non-hydrogen) atoms. The maximum atomic E-state index is 12.7. The van der Waals surface area contributed by atoms with Gasteiger partial charge in [0, 0.05) is 19.3 Å². The monoisotopic (exact) mass is 408 g/mol. The smallest absolute Gasteiger partial charge is 0.244 e. The van der Waals surface area contributed by atoms with E-state index in [0.717, 1.165) is 17.9 Å². The molecule has 1 aliphatic carbocycles. The van der Waals surface area contributed by atoms with Gasteiger partial charge in [0.1, 0.15) is 4.90 Å². The molecule has 0 unspecified atom stereocenters. The molecule has 4 nitrogen and oxygen atoms in total. The van der Waals surface area contributed by atoms with E-state index in [-0.39, 0.29) is 10.1 Å². The number of rotatable bonds is 4. The van der Waals surface area contributed by atoms with Crippen molar-refractivity contribution in [1.29, 1.82) is 0 Å². The van der Waals surface area contributed by atoms with Crippen LogP contribution in [0.1, 0.15) is 29.2 Å². The lowest BCUT2D eigenvalue weighted by molar-refractivity contribution is 0.477. The summed E-state index contributed by atoms with van der Waals surface area (Å²) in [4.78, 5) is 4.77. The number of benzene rings is 2. The van der Waals surface area contributed by atoms with Crippen molar-refractivity contribution < 1.29 is 8.42 Å². The lowest BCUT2D eigenvalue weighted by Gasteiger charge is -2.16. The van der Waals surface area contributed by atoms with Crippen molar-refractivity contribution in [2.75, 3.05) is 13.1 Å². The van der Waals surface area contributed by atoms with Crippen molar-refractivity contribution in [3.05, 3.63) is 78.0 Å². The summed E-state index contributed by atoms with van der Waals surface area (Å²) in [5.74, 6) is 0. The molecule has 1 aromatic heterocycles. The maximum absolute atomic E-state index is 12.7. The van der Waals surface area contributed by atoms with Crippen LogP contribution < -0.4 is 0 Å². The lowest BCUT2D eigenvalue weighted by Crippen LogP contribution is -2.27. The first-order valence-electron chi connectivity index (χ1n) is 9.46. The highest BCUT2D eigenvalue weighted by atomic mass is 32.2. The van der Waals surface area contributed by atoms with E-state index in [2.05, 4.69) is 53.5 Å². The average Bonchev–Trinajstić information content (AvgIpc) is 3.37. The molecule has 0 spiro atoms. The Morgan fingerprint density at radius 1 is 0.857 bits per heavy atom. The third-order valence-electron chi connectivity index (χ3n) is 5.43. The number of fused-ring (bicyclic) bond motifs is 3. The van der Waals surface area contributed by atoms with E-state index in [4.69, 9.17) is 0 Å². The topological polar surface area (TPSA) is 50.3 Å². The zero-order valence-corrected chi connectivity index (χ0v) is 16.9. The number of hydrogen-bond donors (Lipinski definition) is 0. The molecule has 1 aliphatic heterocycles. The van der Waals surface area contributed by atoms with Crippen LogP contribution in [0.2, 0.25) is 0 Å². The van der Waals surface area contributed by atoms with Crippen molar-refractivity contribution in [2.45, 2.75) is 28.0 Å². The van der Waals surface area contributed by atoms with Crippen LogP contribution >= 0.6 is 11.8 Å². The minimum Gasteiger partial charge on any atom is -0.249 e. The highest BCUT2D eigenvalue weighted by Crippen LogP contribution is 2.51. The Bertz CT molecular complexity index is 1080. The van der Waals surface area contributed by atoms with Gasteiger partial charge >= 0.3 is 0 Å². The van der Waals surface area contributed by atoms with E-state index in [1.54, 1.807) is 22.1 Å². The van der Waals surface area contributed by atoms with Crippen LogP contribution in [0, 0.1) is 0 Å². The molecule has 1 fully saturated rings. The Balaban J connectivity index is 1.44. The van der Waals surface area contributed by atoms with Crippen molar-refractivity contribution in [3.63, 3.8) is 0 Å². The van der Waals surface area contributed by atoms with Crippen LogP contribution in [0.4, 0.5) is 0 Å². The zero-order valence-electron chi connectivity index (χ0n) is 15.3. The van der Waals surface area contributed by atoms with Crippen LogP contribution in [-0.2, 0) is 10.0 Å². The van der Waals surface area contributed by atoms with E-state index in [9.17, 15) is 8.42 Å². The fourth-order valence-corrected chi connectivity index (χ4v) is 6.65. The Hall–Kier alpha value is -2.15. The molecule has 2 aromatic carbocycles. The first-order valence-corrected chi connectivity index (χ1v) is 11.8. The average molecular weight is 409 g/mol. The molecule has 0 N–H and O–H groups in total. The van der Waals surface area contributed by atoms with Crippen LogP contribution in [0.3, 0.4) is 0 Å². The normalized spacial score (nSPS) is 16.9. The Morgan fingerprint density at radius 2 is 1.46 bits per heavy atom. The second-order valence-corrected chi connectivity index (χ2v) is 10.2. The van der Waals surface area contributed by atoms with Gasteiger partial charge in [-0.05, 0) is 47.2 Å². The molecule has 0 amide bonds. The predicted octanol–water partition coefficient (Wildman–Crippen LogP) is 4.73. The Labute approximate surface area is 169 Å². The molecule has 0 radical (unpaired) electrons. The highest BCUT2D eigenvalue weighted by molar-refractivity contribution is 7.99.